The van der Waals surface area contributed by atoms with Crippen LogP contribution in [0, 0.1) is 0 Å². The summed E-state index contributed by atoms with van der Waals surface area (Å²) in [7, 11) is 0. The molecule has 1 aliphatic heterocycles. The normalized spacial score (nSPS) is 15.0. The van der Waals surface area contributed by atoms with Crippen LogP contribution in [0.5, 0.6) is 0 Å². The summed E-state index contributed by atoms with van der Waals surface area (Å²) in [4.78, 5) is 6.15. The molecule has 0 saturated carbocycles. The topological polar surface area (TPSA) is 15.6 Å². The van der Waals surface area contributed by atoms with E-state index in [9.17, 15) is 0 Å². The molecule has 0 radical (unpaired) electrons. The first-order valence-corrected chi connectivity index (χ1v) is 4.86. The maximum absolute atomic E-state index is 4.01. The van der Waals surface area contributed by atoms with Crippen molar-refractivity contribution in [2.45, 2.75) is 0 Å². The summed E-state index contributed by atoms with van der Waals surface area (Å²) < 4.78 is 1.10. The second kappa shape index (κ2) is 3.75. The average molecular weight is 237 g/mol. The molecule has 0 saturated heterocycles. The monoisotopic (exact) mass is 236 g/mol. The number of anilines is 1. The fraction of sp³-hybridized carbons (Fsp3) is 0.100. The molecule has 66 valence electrons. The summed E-state index contributed by atoms with van der Waals surface area (Å²) in [6.45, 7) is 0.845. The molecule has 0 unspecified atom stereocenters. The first-order chi connectivity index (χ1) is 6.36. The Morgan fingerprint density at radius 2 is 2.00 bits per heavy atom. The van der Waals surface area contributed by atoms with Crippen molar-refractivity contribution < 1.29 is 0 Å². The van der Waals surface area contributed by atoms with E-state index in [0.717, 1.165) is 11.0 Å². The highest BCUT2D eigenvalue weighted by molar-refractivity contribution is 9.10. The van der Waals surface area contributed by atoms with Crippen molar-refractivity contribution in [1.29, 1.82) is 0 Å². The first-order valence-electron chi connectivity index (χ1n) is 4.07. The number of rotatable bonds is 1. The van der Waals surface area contributed by atoms with Crippen LogP contribution >= 0.6 is 15.9 Å². The molecule has 0 bridgehead atoms. The van der Waals surface area contributed by atoms with Gasteiger partial charge in [-0.1, -0.05) is 15.9 Å². The Labute approximate surface area is 85.7 Å². The van der Waals surface area contributed by atoms with Crippen molar-refractivity contribution in [3.05, 3.63) is 41.1 Å². The summed E-state index contributed by atoms with van der Waals surface area (Å²) in [5.41, 5.74) is 1.19. The van der Waals surface area contributed by atoms with E-state index in [1.54, 1.807) is 6.20 Å². The third-order valence-electron chi connectivity index (χ3n) is 1.87. The molecule has 1 heterocycles. The fourth-order valence-corrected chi connectivity index (χ4v) is 1.46. The number of nitrogens with zero attached hydrogens (tertiary/aromatic N) is 2. The summed E-state index contributed by atoms with van der Waals surface area (Å²) in [5, 5.41) is 0. The first kappa shape index (κ1) is 8.51. The molecule has 13 heavy (non-hydrogen) atoms. The van der Waals surface area contributed by atoms with Gasteiger partial charge in [-0.3, -0.25) is 4.99 Å². The van der Waals surface area contributed by atoms with E-state index in [1.165, 1.54) is 5.69 Å². The number of hydrogen-bond acceptors (Lipinski definition) is 2. The Kier molecular flexibility index (Phi) is 2.45. The van der Waals surface area contributed by atoms with Crippen LogP contribution < -0.4 is 4.90 Å². The predicted molar refractivity (Wildman–Crippen MR) is 59.1 cm³/mol. The predicted octanol–water partition coefficient (Wildman–Crippen LogP) is 2.81. The summed E-state index contributed by atoms with van der Waals surface area (Å²) in [6, 6.07) is 8.23. The van der Waals surface area contributed by atoms with Crippen LogP contribution in [0.3, 0.4) is 0 Å². The lowest BCUT2D eigenvalue weighted by Gasteiger charge is -2.19. The molecule has 2 nitrogen and oxygen atoms in total. The van der Waals surface area contributed by atoms with E-state index >= 15 is 0 Å². The van der Waals surface area contributed by atoms with Crippen LogP contribution in [0.4, 0.5) is 5.69 Å². The Morgan fingerprint density at radius 3 is 2.62 bits per heavy atom. The second-order valence-electron chi connectivity index (χ2n) is 2.76. The van der Waals surface area contributed by atoms with Crippen LogP contribution in [-0.2, 0) is 0 Å². The van der Waals surface area contributed by atoms with Gasteiger partial charge in [0.05, 0.1) is 6.54 Å². The van der Waals surface area contributed by atoms with Gasteiger partial charge in [-0.25, -0.2) is 0 Å². The van der Waals surface area contributed by atoms with E-state index in [1.807, 2.05) is 24.5 Å². The molecule has 3 heteroatoms. The molecule has 0 aliphatic carbocycles. The number of aliphatic imine (C=N–C) groups is 1. The Hall–Kier alpha value is -1.09. The minimum atomic E-state index is 0.845. The van der Waals surface area contributed by atoms with Gasteiger partial charge in [0.25, 0.3) is 0 Å². The largest absolute Gasteiger partial charge is 0.341 e. The Balaban J connectivity index is 2.21. The minimum Gasteiger partial charge on any atom is -0.341 e. The van der Waals surface area contributed by atoms with Crippen LogP contribution in [0.2, 0.25) is 0 Å². The maximum atomic E-state index is 4.01. The van der Waals surface area contributed by atoms with Crippen molar-refractivity contribution in [1.82, 2.24) is 0 Å². The third-order valence-corrected chi connectivity index (χ3v) is 2.40. The van der Waals surface area contributed by atoms with Gasteiger partial charge in [0, 0.05) is 28.8 Å². The minimum absolute atomic E-state index is 0.845. The van der Waals surface area contributed by atoms with E-state index in [4.69, 9.17) is 0 Å². The van der Waals surface area contributed by atoms with Gasteiger partial charge in [-0.15, -0.1) is 0 Å². The molecule has 0 aromatic heterocycles. The highest BCUT2D eigenvalue weighted by Crippen LogP contribution is 2.18. The van der Waals surface area contributed by atoms with Gasteiger partial charge in [0.2, 0.25) is 0 Å². The number of benzene rings is 1. The van der Waals surface area contributed by atoms with Crippen LogP contribution in [-0.4, -0.2) is 12.8 Å². The molecule has 1 aromatic rings. The van der Waals surface area contributed by atoms with E-state index in [-0.39, 0.29) is 0 Å². The van der Waals surface area contributed by atoms with Gasteiger partial charge in [-0.2, -0.15) is 0 Å². The second-order valence-corrected chi connectivity index (χ2v) is 3.67. The quantitative estimate of drug-likeness (QED) is 0.733. The maximum Gasteiger partial charge on any atom is 0.0579 e. The van der Waals surface area contributed by atoms with Gasteiger partial charge in [-0.05, 0) is 24.3 Å². The fourth-order valence-electron chi connectivity index (χ4n) is 1.20. The van der Waals surface area contributed by atoms with E-state index in [0.29, 0.717) is 0 Å². The van der Waals surface area contributed by atoms with Gasteiger partial charge >= 0.3 is 0 Å². The van der Waals surface area contributed by atoms with Crippen molar-refractivity contribution in [3.63, 3.8) is 0 Å². The summed E-state index contributed by atoms with van der Waals surface area (Å²) >= 11 is 3.41. The van der Waals surface area contributed by atoms with E-state index < -0.39 is 0 Å². The lowest BCUT2D eigenvalue weighted by molar-refractivity contribution is 1.10. The third kappa shape index (κ3) is 1.98. The standard InChI is InChI=1S/C10H9BrN2/c11-9-1-3-10(4-2-9)13-7-5-12-6-8-13/h1-7H,8H2. The smallest absolute Gasteiger partial charge is 0.0579 e. The lowest BCUT2D eigenvalue weighted by Crippen LogP contribution is -2.20. The lowest BCUT2D eigenvalue weighted by atomic mass is 10.3. The van der Waals surface area contributed by atoms with Gasteiger partial charge < -0.3 is 4.90 Å². The molecular weight excluding hydrogens is 228 g/mol. The molecule has 1 aromatic carbocycles. The zero-order valence-electron chi connectivity index (χ0n) is 7.02. The molecule has 0 N–H and O–H groups in total. The van der Waals surface area contributed by atoms with Crippen LogP contribution in [0.15, 0.2) is 46.1 Å². The molecule has 0 amide bonds. The number of hydrogen-bond donors (Lipinski definition) is 0. The van der Waals surface area contributed by atoms with Crippen molar-refractivity contribution in [2.24, 2.45) is 4.99 Å². The van der Waals surface area contributed by atoms with Crippen LogP contribution in [0.25, 0.3) is 0 Å². The summed E-state index contributed by atoms with van der Waals surface area (Å²) in [6.07, 6.45) is 5.66. The zero-order valence-corrected chi connectivity index (χ0v) is 8.61. The van der Waals surface area contributed by atoms with Crippen molar-refractivity contribution >= 4 is 27.8 Å². The summed E-state index contributed by atoms with van der Waals surface area (Å²) in [5.74, 6) is 0. The molecule has 0 fully saturated rings. The SMILES string of the molecule is Brc1ccc(N2C=CN=CC2)cc1. The highest BCUT2D eigenvalue weighted by atomic mass is 79.9. The molecule has 2 rings (SSSR count). The molecular formula is C10H9BrN2. The Bertz CT molecular complexity index is 340. The molecule has 0 atom stereocenters. The van der Waals surface area contributed by atoms with Crippen LogP contribution in [0.1, 0.15) is 0 Å². The molecule has 1 aliphatic rings. The molecule has 0 spiro atoms. The number of halogens is 1. The average Bonchev–Trinajstić information content (AvgIpc) is 2.20. The zero-order chi connectivity index (χ0) is 9.10. The van der Waals surface area contributed by atoms with Gasteiger partial charge in [0.15, 0.2) is 0 Å². The highest BCUT2D eigenvalue weighted by Gasteiger charge is 2.02. The van der Waals surface area contributed by atoms with E-state index in [2.05, 4.69) is 38.0 Å². The van der Waals surface area contributed by atoms with Crippen molar-refractivity contribution in [3.8, 4) is 0 Å². The Morgan fingerprint density at radius 1 is 1.23 bits per heavy atom. The van der Waals surface area contributed by atoms with Gasteiger partial charge in [0.1, 0.15) is 0 Å². The van der Waals surface area contributed by atoms with Crippen molar-refractivity contribution in [2.75, 3.05) is 11.4 Å².